The van der Waals surface area contributed by atoms with Crippen molar-refractivity contribution in [3.8, 4) is 0 Å². The third-order valence-electron chi connectivity index (χ3n) is 4.48. The maximum Gasteiger partial charge on any atom is 0.309 e. The standard InChI is InChI=1S/C16H16ClFO3/c1-2-21-16(20)14-10-7-9(15(19)13(10)14)5-8-3-4-12(18)11(17)6-8/h3-4,6,9-10,13-14H,2,5,7H2,1H3/t9-,10-,13+,14+/m1/s1. The summed E-state index contributed by atoms with van der Waals surface area (Å²) in [5.74, 6) is -0.911. The van der Waals surface area contributed by atoms with E-state index in [1.807, 2.05) is 0 Å². The predicted octanol–water partition coefficient (Wildman–Crippen LogP) is 3.04. The highest BCUT2D eigenvalue weighted by molar-refractivity contribution is 6.30. The summed E-state index contributed by atoms with van der Waals surface area (Å²) < 4.78 is 18.1. The van der Waals surface area contributed by atoms with Gasteiger partial charge in [0.25, 0.3) is 0 Å². The molecular weight excluding hydrogens is 295 g/mol. The highest BCUT2D eigenvalue weighted by Gasteiger charge is 2.65. The molecule has 0 bridgehead atoms. The van der Waals surface area contributed by atoms with E-state index in [1.165, 1.54) is 6.07 Å². The van der Waals surface area contributed by atoms with Crippen LogP contribution in [-0.2, 0) is 20.7 Å². The van der Waals surface area contributed by atoms with Crippen molar-refractivity contribution in [1.29, 1.82) is 0 Å². The molecule has 0 heterocycles. The Bertz CT molecular complexity index is 601. The van der Waals surface area contributed by atoms with Crippen LogP contribution in [0.2, 0.25) is 5.02 Å². The number of carbonyl (C=O) groups is 2. The number of halogens is 2. The molecule has 0 aromatic heterocycles. The minimum absolute atomic E-state index is 0.0764. The molecule has 0 spiro atoms. The lowest BCUT2D eigenvalue weighted by Crippen LogP contribution is -2.20. The molecule has 1 aromatic carbocycles. The van der Waals surface area contributed by atoms with E-state index in [-0.39, 0.29) is 40.4 Å². The predicted molar refractivity (Wildman–Crippen MR) is 75.3 cm³/mol. The van der Waals surface area contributed by atoms with E-state index in [1.54, 1.807) is 19.1 Å². The Morgan fingerprint density at radius 2 is 2.24 bits per heavy atom. The van der Waals surface area contributed by atoms with Crippen molar-refractivity contribution in [1.82, 2.24) is 0 Å². The van der Waals surface area contributed by atoms with Gasteiger partial charge in [-0.2, -0.15) is 0 Å². The number of fused-ring (bicyclic) bond motifs is 1. The van der Waals surface area contributed by atoms with Gasteiger partial charge in [-0.05, 0) is 43.4 Å². The minimum atomic E-state index is -0.455. The van der Waals surface area contributed by atoms with E-state index in [9.17, 15) is 14.0 Å². The number of carbonyl (C=O) groups excluding carboxylic acids is 2. The first kappa shape index (κ1) is 14.5. The van der Waals surface area contributed by atoms with Gasteiger partial charge < -0.3 is 4.74 Å². The van der Waals surface area contributed by atoms with E-state index < -0.39 is 5.82 Å². The Morgan fingerprint density at radius 3 is 2.81 bits per heavy atom. The average molecular weight is 311 g/mol. The zero-order valence-electron chi connectivity index (χ0n) is 11.6. The van der Waals surface area contributed by atoms with Crippen LogP contribution >= 0.6 is 11.6 Å². The van der Waals surface area contributed by atoms with Crippen molar-refractivity contribution in [2.45, 2.75) is 19.8 Å². The molecule has 112 valence electrons. The molecule has 0 saturated heterocycles. The highest BCUT2D eigenvalue weighted by atomic mass is 35.5. The second-order valence-corrected chi connectivity index (χ2v) is 6.16. The number of ketones is 1. The number of ether oxygens (including phenoxy) is 1. The van der Waals surface area contributed by atoms with Crippen LogP contribution in [0.4, 0.5) is 4.39 Å². The van der Waals surface area contributed by atoms with Crippen LogP contribution in [0.5, 0.6) is 0 Å². The molecule has 0 unspecified atom stereocenters. The summed E-state index contributed by atoms with van der Waals surface area (Å²) >= 11 is 5.75. The first-order chi connectivity index (χ1) is 10.0. The molecule has 3 nitrogen and oxygen atoms in total. The molecule has 0 radical (unpaired) electrons. The number of esters is 1. The molecule has 2 aliphatic rings. The van der Waals surface area contributed by atoms with Gasteiger partial charge in [0.1, 0.15) is 11.6 Å². The van der Waals surface area contributed by atoms with Gasteiger partial charge in [0, 0.05) is 11.8 Å². The number of benzene rings is 1. The summed E-state index contributed by atoms with van der Waals surface area (Å²) in [6.07, 6.45) is 1.27. The molecular formula is C16H16ClFO3. The van der Waals surface area contributed by atoms with Crippen LogP contribution in [0.3, 0.4) is 0 Å². The minimum Gasteiger partial charge on any atom is -0.466 e. The van der Waals surface area contributed by atoms with E-state index in [2.05, 4.69) is 0 Å². The maximum atomic E-state index is 13.1. The van der Waals surface area contributed by atoms with Gasteiger partial charge in [0.2, 0.25) is 0 Å². The largest absolute Gasteiger partial charge is 0.466 e. The summed E-state index contributed by atoms with van der Waals surface area (Å²) in [6, 6.07) is 4.54. The van der Waals surface area contributed by atoms with Crippen molar-refractivity contribution in [2.24, 2.45) is 23.7 Å². The molecule has 0 aliphatic heterocycles. The number of Topliss-reactive ketones (excluding diaryl/α,β-unsaturated/α-hetero) is 1. The first-order valence-corrected chi connectivity index (χ1v) is 7.55. The number of hydrogen-bond donors (Lipinski definition) is 0. The van der Waals surface area contributed by atoms with E-state index in [0.717, 1.165) is 5.56 Å². The van der Waals surface area contributed by atoms with Crippen molar-refractivity contribution in [3.63, 3.8) is 0 Å². The van der Waals surface area contributed by atoms with Crippen LogP contribution in [0.25, 0.3) is 0 Å². The summed E-state index contributed by atoms with van der Waals surface area (Å²) in [5, 5.41) is 0.0764. The lowest BCUT2D eigenvalue weighted by Gasteiger charge is -2.13. The highest BCUT2D eigenvalue weighted by Crippen LogP contribution is 2.58. The maximum absolute atomic E-state index is 13.1. The van der Waals surface area contributed by atoms with E-state index in [4.69, 9.17) is 16.3 Å². The van der Waals surface area contributed by atoms with Gasteiger partial charge in [0.05, 0.1) is 17.5 Å². The van der Waals surface area contributed by atoms with Gasteiger partial charge >= 0.3 is 5.97 Å². The van der Waals surface area contributed by atoms with Crippen LogP contribution in [0.1, 0.15) is 18.9 Å². The number of hydrogen-bond acceptors (Lipinski definition) is 3. The third-order valence-corrected chi connectivity index (χ3v) is 4.77. The summed E-state index contributed by atoms with van der Waals surface area (Å²) in [5.41, 5.74) is 0.855. The van der Waals surface area contributed by atoms with Crippen LogP contribution < -0.4 is 0 Å². The van der Waals surface area contributed by atoms with Crippen molar-refractivity contribution in [2.75, 3.05) is 6.61 Å². The molecule has 0 amide bonds. The average Bonchev–Trinajstić information content (AvgIpc) is 3.07. The van der Waals surface area contributed by atoms with Crippen LogP contribution in [-0.4, -0.2) is 18.4 Å². The summed E-state index contributed by atoms with van der Waals surface area (Å²) in [7, 11) is 0. The fourth-order valence-electron chi connectivity index (χ4n) is 3.47. The van der Waals surface area contributed by atoms with Gasteiger partial charge in [0.15, 0.2) is 0 Å². The second-order valence-electron chi connectivity index (χ2n) is 5.76. The fraction of sp³-hybridized carbons (Fsp3) is 0.500. The van der Waals surface area contributed by atoms with Gasteiger partial charge in [-0.15, -0.1) is 0 Å². The Balaban J connectivity index is 1.62. The van der Waals surface area contributed by atoms with E-state index >= 15 is 0 Å². The van der Waals surface area contributed by atoms with Crippen LogP contribution in [0.15, 0.2) is 18.2 Å². The zero-order valence-corrected chi connectivity index (χ0v) is 12.4. The Hall–Kier alpha value is -1.42. The molecule has 2 fully saturated rings. The molecule has 3 rings (SSSR count). The van der Waals surface area contributed by atoms with Gasteiger partial charge in [-0.3, -0.25) is 9.59 Å². The Kier molecular flexibility index (Phi) is 3.74. The molecule has 2 aliphatic carbocycles. The monoisotopic (exact) mass is 310 g/mol. The van der Waals surface area contributed by atoms with Crippen molar-refractivity contribution >= 4 is 23.4 Å². The quantitative estimate of drug-likeness (QED) is 0.803. The number of rotatable bonds is 4. The molecule has 4 atom stereocenters. The third kappa shape index (κ3) is 2.57. The molecule has 2 saturated carbocycles. The Morgan fingerprint density at radius 1 is 1.48 bits per heavy atom. The van der Waals surface area contributed by atoms with Crippen molar-refractivity contribution in [3.05, 3.63) is 34.6 Å². The molecule has 1 aromatic rings. The lowest BCUT2D eigenvalue weighted by molar-refractivity contribution is -0.146. The van der Waals surface area contributed by atoms with Gasteiger partial charge in [-0.25, -0.2) is 4.39 Å². The Labute approximate surface area is 127 Å². The zero-order chi connectivity index (χ0) is 15.1. The fourth-order valence-corrected chi connectivity index (χ4v) is 3.67. The van der Waals surface area contributed by atoms with Crippen molar-refractivity contribution < 1.29 is 18.7 Å². The van der Waals surface area contributed by atoms with Gasteiger partial charge in [-0.1, -0.05) is 17.7 Å². The summed E-state index contributed by atoms with van der Waals surface area (Å²) in [6.45, 7) is 2.11. The lowest BCUT2D eigenvalue weighted by atomic mass is 9.92. The summed E-state index contributed by atoms with van der Waals surface area (Å²) in [4.78, 5) is 24.0. The first-order valence-electron chi connectivity index (χ1n) is 7.17. The smallest absolute Gasteiger partial charge is 0.309 e. The van der Waals surface area contributed by atoms with E-state index in [0.29, 0.717) is 19.4 Å². The molecule has 5 heteroatoms. The molecule has 0 N–H and O–H groups in total. The van der Waals surface area contributed by atoms with Crippen LogP contribution in [0, 0.1) is 29.5 Å². The normalized spacial score (nSPS) is 30.1. The second kappa shape index (κ2) is 5.41. The topological polar surface area (TPSA) is 43.4 Å². The molecule has 21 heavy (non-hydrogen) atoms. The SMILES string of the molecule is CCOC(=O)[C@H]1[C@@H]2C[C@@H](Cc3ccc(F)c(Cl)c3)C(=O)[C@@H]21.